The van der Waals surface area contributed by atoms with E-state index in [0.717, 1.165) is 25.6 Å². The van der Waals surface area contributed by atoms with Crippen LogP contribution in [0, 0.1) is 12.8 Å². The molecule has 2 aliphatic rings. The molecule has 2 heterocycles. The Morgan fingerprint density at radius 1 is 1.17 bits per heavy atom. The Morgan fingerprint density at radius 2 is 1.96 bits per heavy atom. The standard InChI is InChI=1S/C19H25N3O/c1-14-17(10-20-21(14)2)11-22-12-18(15-6-4-3-5-7-15)23-19(13-22)16-8-9-16/h3-7,10,16,18-19H,8-9,11-13H2,1-2H3/t18-,19+/m0/s1. The first-order chi connectivity index (χ1) is 11.2. The van der Waals surface area contributed by atoms with Gasteiger partial charge in [0.05, 0.1) is 18.4 Å². The SMILES string of the molecule is Cc1c(CN2C[C@@H](c3ccccc3)O[C@@H](C3CC3)C2)cnn1C. The van der Waals surface area contributed by atoms with E-state index in [0.29, 0.717) is 6.10 Å². The summed E-state index contributed by atoms with van der Waals surface area (Å²) in [6.45, 7) is 5.12. The van der Waals surface area contributed by atoms with Crippen LogP contribution in [-0.2, 0) is 18.3 Å². The Labute approximate surface area is 138 Å². The zero-order valence-electron chi connectivity index (χ0n) is 14.0. The molecule has 0 amide bonds. The van der Waals surface area contributed by atoms with Crippen LogP contribution in [0.1, 0.15) is 35.8 Å². The van der Waals surface area contributed by atoms with Crippen molar-refractivity contribution < 1.29 is 4.74 Å². The fraction of sp³-hybridized carbons (Fsp3) is 0.526. The lowest BCUT2D eigenvalue weighted by atomic mass is 10.0. The van der Waals surface area contributed by atoms with Crippen molar-refractivity contribution in [3.05, 3.63) is 53.3 Å². The fourth-order valence-corrected chi connectivity index (χ4v) is 3.51. The second-order valence-corrected chi connectivity index (χ2v) is 6.98. The molecule has 1 aromatic heterocycles. The Hall–Kier alpha value is -1.65. The molecule has 23 heavy (non-hydrogen) atoms. The van der Waals surface area contributed by atoms with E-state index in [9.17, 15) is 0 Å². The highest BCUT2D eigenvalue weighted by molar-refractivity contribution is 5.20. The van der Waals surface area contributed by atoms with Gasteiger partial charge in [-0.15, -0.1) is 0 Å². The third-order valence-electron chi connectivity index (χ3n) is 5.25. The second-order valence-electron chi connectivity index (χ2n) is 6.98. The van der Waals surface area contributed by atoms with Gasteiger partial charge in [-0.3, -0.25) is 9.58 Å². The summed E-state index contributed by atoms with van der Waals surface area (Å²) in [4.78, 5) is 2.55. The minimum atomic E-state index is 0.188. The summed E-state index contributed by atoms with van der Waals surface area (Å²) in [7, 11) is 2.01. The van der Waals surface area contributed by atoms with Gasteiger partial charge in [0.1, 0.15) is 0 Å². The van der Waals surface area contributed by atoms with Crippen molar-refractivity contribution in [2.45, 2.75) is 38.5 Å². The molecule has 0 unspecified atom stereocenters. The summed E-state index contributed by atoms with van der Waals surface area (Å²) in [5.74, 6) is 0.763. The zero-order chi connectivity index (χ0) is 15.8. The molecule has 0 N–H and O–H groups in total. The number of benzene rings is 1. The summed E-state index contributed by atoms with van der Waals surface area (Å²) in [5.41, 5.74) is 3.89. The molecule has 2 aromatic rings. The third kappa shape index (κ3) is 3.19. The average Bonchev–Trinajstić information content (AvgIpc) is 3.39. The van der Waals surface area contributed by atoms with Crippen molar-refractivity contribution in [1.29, 1.82) is 0 Å². The highest BCUT2D eigenvalue weighted by atomic mass is 16.5. The van der Waals surface area contributed by atoms with Crippen LogP contribution in [0.2, 0.25) is 0 Å². The van der Waals surface area contributed by atoms with Crippen molar-refractivity contribution in [3.8, 4) is 0 Å². The van der Waals surface area contributed by atoms with Crippen LogP contribution in [0.4, 0.5) is 0 Å². The molecule has 4 rings (SSSR count). The summed E-state index contributed by atoms with van der Waals surface area (Å²) in [5, 5.41) is 4.38. The number of hydrogen-bond acceptors (Lipinski definition) is 3. The first-order valence-corrected chi connectivity index (χ1v) is 8.61. The molecule has 1 aliphatic carbocycles. The average molecular weight is 311 g/mol. The van der Waals surface area contributed by atoms with Crippen molar-refractivity contribution >= 4 is 0 Å². The maximum absolute atomic E-state index is 6.44. The van der Waals surface area contributed by atoms with Crippen LogP contribution in [0.3, 0.4) is 0 Å². The molecule has 1 aliphatic heterocycles. The lowest BCUT2D eigenvalue weighted by Crippen LogP contribution is -2.44. The fourth-order valence-electron chi connectivity index (χ4n) is 3.51. The maximum Gasteiger partial charge on any atom is 0.0956 e. The molecule has 0 spiro atoms. The third-order valence-corrected chi connectivity index (χ3v) is 5.25. The minimum absolute atomic E-state index is 0.188. The van der Waals surface area contributed by atoms with Crippen LogP contribution in [0.25, 0.3) is 0 Å². The lowest BCUT2D eigenvalue weighted by molar-refractivity contribution is -0.0986. The molecular weight excluding hydrogens is 286 g/mol. The van der Waals surface area contributed by atoms with E-state index >= 15 is 0 Å². The largest absolute Gasteiger partial charge is 0.367 e. The summed E-state index contributed by atoms with van der Waals surface area (Å²) >= 11 is 0. The lowest BCUT2D eigenvalue weighted by Gasteiger charge is -2.38. The van der Waals surface area contributed by atoms with Gasteiger partial charge in [-0.2, -0.15) is 5.10 Å². The zero-order valence-corrected chi connectivity index (χ0v) is 14.0. The molecule has 122 valence electrons. The highest BCUT2D eigenvalue weighted by Gasteiger charge is 2.38. The van der Waals surface area contributed by atoms with Gasteiger partial charge >= 0.3 is 0 Å². The van der Waals surface area contributed by atoms with Gasteiger partial charge < -0.3 is 4.74 Å². The number of rotatable bonds is 4. The minimum Gasteiger partial charge on any atom is -0.367 e. The number of nitrogens with zero attached hydrogens (tertiary/aromatic N) is 3. The Morgan fingerprint density at radius 3 is 2.61 bits per heavy atom. The Bertz CT molecular complexity index is 663. The molecule has 4 nitrogen and oxygen atoms in total. The quantitative estimate of drug-likeness (QED) is 0.869. The molecule has 1 saturated heterocycles. The van der Waals surface area contributed by atoms with Crippen LogP contribution < -0.4 is 0 Å². The molecule has 0 bridgehead atoms. The molecular formula is C19H25N3O. The van der Waals surface area contributed by atoms with Crippen molar-refractivity contribution in [2.75, 3.05) is 13.1 Å². The van der Waals surface area contributed by atoms with Gasteiger partial charge in [-0.05, 0) is 31.2 Å². The van der Waals surface area contributed by atoms with Crippen molar-refractivity contribution in [3.63, 3.8) is 0 Å². The van der Waals surface area contributed by atoms with E-state index in [-0.39, 0.29) is 6.10 Å². The Balaban J connectivity index is 1.53. The van der Waals surface area contributed by atoms with Crippen LogP contribution >= 0.6 is 0 Å². The van der Waals surface area contributed by atoms with Gasteiger partial charge in [0.25, 0.3) is 0 Å². The van der Waals surface area contributed by atoms with E-state index in [2.05, 4.69) is 47.3 Å². The predicted molar refractivity (Wildman–Crippen MR) is 90.0 cm³/mol. The smallest absolute Gasteiger partial charge is 0.0956 e. The van der Waals surface area contributed by atoms with E-state index in [4.69, 9.17) is 4.74 Å². The number of aromatic nitrogens is 2. The number of hydrogen-bond donors (Lipinski definition) is 0. The molecule has 4 heteroatoms. The number of morpholine rings is 1. The van der Waals surface area contributed by atoms with Gasteiger partial charge in [0.15, 0.2) is 0 Å². The van der Waals surface area contributed by atoms with Gasteiger partial charge in [0.2, 0.25) is 0 Å². The summed E-state index contributed by atoms with van der Waals surface area (Å²) in [6, 6.07) is 10.7. The van der Waals surface area contributed by atoms with Crippen molar-refractivity contribution in [1.82, 2.24) is 14.7 Å². The number of aryl methyl sites for hydroxylation is 1. The summed E-state index contributed by atoms with van der Waals surface area (Å²) < 4.78 is 8.40. The first-order valence-electron chi connectivity index (χ1n) is 8.61. The van der Waals surface area contributed by atoms with Gasteiger partial charge in [-0.25, -0.2) is 0 Å². The van der Waals surface area contributed by atoms with E-state index < -0.39 is 0 Å². The molecule has 2 fully saturated rings. The normalized spacial score (nSPS) is 25.7. The van der Waals surface area contributed by atoms with E-state index in [1.807, 2.05) is 17.9 Å². The molecule has 1 aromatic carbocycles. The van der Waals surface area contributed by atoms with E-state index in [1.165, 1.54) is 29.7 Å². The summed E-state index contributed by atoms with van der Waals surface area (Å²) in [6.07, 6.45) is 5.23. The second kappa shape index (κ2) is 6.10. The monoisotopic (exact) mass is 311 g/mol. The predicted octanol–water partition coefficient (Wildman–Crippen LogP) is 3.08. The topological polar surface area (TPSA) is 30.3 Å². The Kier molecular flexibility index (Phi) is 3.95. The van der Waals surface area contributed by atoms with Gasteiger partial charge in [0, 0.05) is 37.9 Å². The maximum atomic E-state index is 6.44. The van der Waals surface area contributed by atoms with Crippen LogP contribution in [0.5, 0.6) is 0 Å². The van der Waals surface area contributed by atoms with Crippen molar-refractivity contribution in [2.24, 2.45) is 13.0 Å². The van der Waals surface area contributed by atoms with Gasteiger partial charge in [-0.1, -0.05) is 30.3 Å². The highest BCUT2D eigenvalue weighted by Crippen LogP contribution is 2.39. The number of ether oxygens (including phenoxy) is 1. The van der Waals surface area contributed by atoms with Crippen LogP contribution in [0.15, 0.2) is 36.5 Å². The molecule has 2 atom stereocenters. The van der Waals surface area contributed by atoms with E-state index in [1.54, 1.807) is 0 Å². The molecule has 1 saturated carbocycles. The van der Waals surface area contributed by atoms with Crippen LogP contribution in [-0.4, -0.2) is 33.9 Å². The first kappa shape index (κ1) is 14.9. The molecule has 0 radical (unpaired) electrons.